The molecule has 0 saturated heterocycles. The van der Waals surface area contributed by atoms with Crippen LogP contribution in [0.4, 0.5) is 10.8 Å². The number of nitrogen functional groups attached to an aromatic ring is 1. The molecule has 90 valence electrons. The molecule has 1 amide bonds. The first-order chi connectivity index (χ1) is 8.08. The van der Waals surface area contributed by atoms with Crippen molar-refractivity contribution in [1.29, 1.82) is 0 Å². The van der Waals surface area contributed by atoms with Crippen molar-refractivity contribution in [1.82, 2.24) is 24.6 Å². The van der Waals surface area contributed by atoms with E-state index in [4.69, 9.17) is 5.73 Å². The number of aryl methyl sites for hydroxylation is 1. The minimum atomic E-state index is -0.242. The van der Waals surface area contributed by atoms with E-state index in [9.17, 15) is 4.79 Å². The van der Waals surface area contributed by atoms with Gasteiger partial charge in [0.25, 0.3) is 0 Å². The standard InChI is InChI=1S/C8H11N7OS/c1-4-7(9)5(2)15(12-4)3-6(16)10-8-11-13-14-17-8/h3,9H2,1-2H3,(H,10,11,14,16). The van der Waals surface area contributed by atoms with E-state index in [1.54, 1.807) is 11.6 Å². The van der Waals surface area contributed by atoms with Gasteiger partial charge in [-0.2, -0.15) is 5.10 Å². The second-order valence-electron chi connectivity index (χ2n) is 3.46. The van der Waals surface area contributed by atoms with Crippen LogP contribution in [0.25, 0.3) is 0 Å². The van der Waals surface area contributed by atoms with Crippen molar-refractivity contribution in [3.63, 3.8) is 0 Å². The molecular formula is C8H11N7OS. The topological polar surface area (TPSA) is 112 Å². The lowest BCUT2D eigenvalue weighted by molar-refractivity contribution is -0.116. The molecule has 2 heterocycles. The van der Waals surface area contributed by atoms with Crippen LogP contribution in [0.1, 0.15) is 11.4 Å². The lowest BCUT2D eigenvalue weighted by Gasteiger charge is -2.03. The molecule has 0 unspecified atom stereocenters. The van der Waals surface area contributed by atoms with Crippen molar-refractivity contribution in [2.45, 2.75) is 20.4 Å². The Morgan fingerprint density at radius 2 is 2.29 bits per heavy atom. The van der Waals surface area contributed by atoms with Gasteiger partial charge in [0.15, 0.2) is 0 Å². The molecule has 0 spiro atoms. The second kappa shape index (κ2) is 4.45. The van der Waals surface area contributed by atoms with E-state index in [1.807, 2.05) is 6.92 Å². The van der Waals surface area contributed by atoms with E-state index in [0.29, 0.717) is 16.5 Å². The maximum absolute atomic E-state index is 11.7. The van der Waals surface area contributed by atoms with Crippen LogP contribution < -0.4 is 11.1 Å². The molecule has 2 aromatic heterocycles. The first-order valence-corrected chi connectivity index (χ1v) is 5.59. The molecule has 17 heavy (non-hydrogen) atoms. The van der Waals surface area contributed by atoms with Crippen LogP contribution in [0.15, 0.2) is 0 Å². The van der Waals surface area contributed by atoms with E-state index < -0.39 is 0 Å². The van der Waals surface area contributed by atoms with Gasteiger partial charge in [-0.25, -0.2) is 0 Å². The molecule has 0 saturated carbocycles. The summed E-state index contributed by atoms with van der Waals surface area (Å²) in [6, 6.07) is 0. The maximum Gasteiger partial charge on any atom is 0.247 e. The van der Waals surface area contributed by atoms with Gasteiger partial charge in [0, 0.05) is 11.5 Å². The van der Waals surface area contributed by atoms with Crippen LogP contribution in [-0.4, -0.2) is 30.5 Å². The van der Waals surface area contributed by atoms with Gasteiger partial charge in [0.05, 0.1) is 17.1 Å². The molecule has 3 N–H and O–H groups in total. The first-order valence-electron chi connectivity index (χ1n) is 4.82. The van der Waals surface area contributed by atoms with Crippen LogP contribution in [0.3, 0.4) is 0 Å². The number of anilines is 2. The van der Waals surface area contributed by atoms with Crippen LogP contribution in [0.2, 0.25) is 0 Å². The molecule has 0 atom stereocenters. The van der Waals surface area contributed by atoms with Gasteiger partial charge in [-0.15, -0.1) is 0 Å². The van der Waals surface area contributed by atoms with Crippen LogP contribution in [0.5, 0.6) is 0 Å². The zero-order chi connectivity index (χ0) is 12.4. The van der Waals surface area contributed by atoms with Gasteiger partial charge in [0.1, 0.15) is 6.54 Å². The van der Waals surface area contributed by atoms with Gasteiger partial charge in [0.2, 0.25) is 11.0 Å². The van der Waals surface area contributed by atoms with E-state index in [-0.39, 0.29) is 12.5 Å². The average Bonchev–Trinajstić information content (AvgIpc) is 2.85. The summed E-state index contributed by atoms with van der Waals surface area (Å²) in [6.07, 6.45) is 0. The summed E-state index contributed by atoms with van der Waals surface area (Å²) in [5.41, 5.74) is 7.86. The molecule has 8 nitrogen and oxygen atoms in total. The summed E-state index contributed by atoms with van der Waals surface area (Å²) in [5, 5.41) is 14.1. The number of hydrogen-bond acceptors (Lipinski definition) is 7. The third-order valence-electron chi connectivity index (χ3n) is 2.28. The highest BCUT2D eigenvalue weighted by molar-refractivity contribution is 7.09. The molecule has 9 heteroatoms. The molecule has 0 radical (unpaired) electrons. The van der Waals surface area contributed by atoms with Crippen LogP contribution in [-0.2, 0) is 11.3 Å². The highest BCUT2D eigenvalue weighted by atomic mass is 32.1. The fourth-order valence-corrected chi connectivity index (χ4v) is 1.72. The van der Waals surface area contributed by atoms with Crippen molar-refractivity contribution < 1.29 is 4.79 Å². The summed E-state index contributed by atoms with van der Waals surface area (Å²) < 4.78 is 5.09. The fraction of sp³-hybridized carbons (Fsp3) is 0.375. The van der Waals surface area contributed by atoms with Gasteiger partial charge < -0.3 is 5.73 Å². The summed E-state index contributed by atoms with van der Waals surface area (Å²) >= 11 is 1.02. The third-order valence-corrected chi connectivity index (χ3v) is 2.79. The van der Waals surface area contributed by atoms with Crippen molar-refractivity contribution in [2.75, 3.05) is 11.1 Å². The first kappa shape index (κ1) is 11.5. The van der Waals surface area contributed by atoms with Crippen molar-refractivity contribution >= 4 is 28.3 Å². The number of hydrogen-bond donors (Lipinski definition) is 2. The number of nitrogens with zero attached hydrogens (tertiary/aromatic N) is 5. The van der Waals surface area contributed by atoms with E-state index >= 15 is 0 Å². The Balaban J connectivity index is 2.06. The van der Waals surface area contributed by atoms with E-state index in [2.05, 4.69) is 25.2 Å². The Hall–Kier alpha value is -2.03. The molecule has 2 rings (SSSR count). The number of carbonyl (C=O) groups excluding carboxylic acids is 1. The summed E-state index contributed by atoms with van der Waals surface area (Å²) in [4.78, 5) is 11.7. The summed E-state index contributed by atoms with van der Waals surface area (Å²) in [7, 11) is 0. The van der Waals surface area contributed by atoms with Gasteiger partial charge in [-0.1, -0.05) is 9.59 Å². The van der Waals surface area contributed by atoms with Gasteiger partial charge in [-0.05, 0) is 19.1 Å². The Kier molecular flexibility index (Phi) is 3.00. The Morgan fingerprint density at radius 3 is 2.82 bits per heavy atom. The number of nitrogens with two attached hydrogens (primary N) is 1. The summed E-state index contributed by atoms with van der Waals surface area (Å²) in [5.74, 6) is -0.242. The molecular weight excluding hydrogens is 242 g/mol. The van der Waals surface area contributed by atoms with Crippen molar-refractivity contribution in [3.8, 4) is 0 Å². The Morgan fingerprint density at radius 1 is 1.53 bits per heavy atom. The number of aromatic nitrogens is 5. The lowest BCUT2D eigenvalue weighted by atomic mass is 10.3. The predicted octanol–water partition coefficient (Wildman–Crippen LogP) is -0.0327. The molecule has 0 fully saturated rings. The third kappa shape index (κ3) is 2.38. The number of carbonyl (C=O) groups is 1. The minimum absolute atomic E-state index is 0.0868. The largest absolute Gasteiger partial charge is 0.396 e. The fourth-order valence-electron chi connectivity index (χ4n) is 1.34. The summed E-state index contributed by atoms with van der Waals surface area (Å²) in [6.45, 7) is 3.70. The van der Waals surface area contributed by atoms with E-state index in [0.717, 1.165) is 17.2 Å². The number of amides is 1. The van der Waals surface area contributed by atoms with E-state index in [1.165, 1.54) is 0 Å². The zero-order valence-corrected chi connectivity index (χ0v) is 10.2. The maximum atomic E-state index is 11.7. The molecule has 0 aromatic carbocycles. The lowest BCUT2D eigenvalue weighted by Crippen LogP contribution is -2.20. The van der Waals surface area contributed by atoms with Crippen LogP contribution in [0, 0.1) is 13.8 Å². The molecule has 0 aliphatic carbocycles. The normalized spacial score (nSPS) is 10.5. The number of rotatable bonds is 3. The SMILES string of the molecule is Cc1nn(CC(=O)Nc2nnns2)c(C)c1N. The van der Waals surface area contributed by atoms with Gasteiger partial charge in [-0.3, -0.25) is 14.8 Å². The van der Waals surface area contributed by atoms with Crippen LogP contribution >= 0.6 is 11.5 Å². The Labute approximate surface area is 101 Å². The number of nitrogens with one attached hydrogen (secondary N) is 1. The smallest absolute Gasteiger partial charge is 0.247 e. The molecule has 0 bridgehead atoms. The Bertz CT molecular complexity index is 532. The second-order valence-corrected chi connectivity index (χ2v) is 4.19. The molecule has 0 aliphatic rings. The van der Waals surface area contributed by atoms with Crippen molar-refractivity contribution in [3.05, 3.63) is 11.4 Å². The zero-order valence-electron chi connectivity index (χ0n) is 9.34. The molecule has 2 aromatic rings. The minimum Gasteiger partial charge on any atom is -0.396 e. The molecule has 0 aliphatic heterocycles. The predicted molar refractivity (Wildman–Crippen MR) is 62.4 cm³/mol. The van der Waals surface area contributed by atoms with Gasteiger partial charge >= 0.3 is 0 Å². The average molecular weight is 253 g/mol. The highest BCUT2D eigenvalue weighted by Crippen LogP contribution is 2.14. The monoisotopic (exact) mass is 253 g/mol. The van der Waals surface area contributed by atoms with Crippen molar-refractivity contribution in [2.24, 2.45) is 0 Å². The highest BCUT2D eigenvalue weighted by Gasteiger charge is 2.12. The quantitative estimate of drug-likeness (QED) is 0.794.